The third-order valence-electron chi connectivity index (χ3n) is 5.02. The first-order valence-electron chi connectivity index (χ1n) is 9.59. The van der Waals surface area contributed by atoms with Gasteiger partial charge in [-0.05, 0) is 63.5 Å². The van der Waals surface area contributed by atoms with Crippen molar-refractivity contribution in [1.82, 2.24) is 14.9 Å². The zero-order valence-electron chi connectivity index (χ0n) is 15.9. The number of anilines is 2. The van der Waals surface area contributed by atoms with Crippen LogP contribution in [0.1, 0.15) is 48.1 Å². The van der Waals surface area contributed by atoms with Crippen molar-refractivity contribution < 1.29 is 4.42 Å². The molecule has 0 amide bonds. The fourth-order valence-electron chi connectivity index (χ4n) is 3.68. The molecule has 4 rings (SSSR count). The highest BCUT2D eigenvalue weighted by Gasteiger charge is 2.27. The molecule has 3 aromatic rings. The van der Waals surface area contributed by atoms with Crippen molar-refractivity contribution >= 4 is 22.3 Å². The van der Waals surface area contributed by atoms with E-state index >= 15 is 0 Å². The highest BCUT2D eigenvalue weighted by atomic mass is 32.1. The molecule has 1 N–H and O–H groups in total. The molecule has 1 aliphatic rings. The summed E-state index contributed by atoms with van der Waals surface area (Å²) >= 11 is 1.58. The van der Waals surface area contributed by atoms with Crippen molar-refractivity contribution in [3.63, 3.8) is 0 Å². The molecule has 0 aliphatic carbocycles. The molecular formula is C21H23N5OS. The minimum Gasteiger partial charge on any atom is -0.466 e. The lowest BCUT2D eigenvalue weighted by molar-refractivity contribution is 0.248. The molecule has 4 heterocycles. The van der Waals surface area contributed by atoms with Gasteiger partial charge < -0.3 is 9.73 Å². The number of nitrogens with zero attached hydrogens (tertiary/aromatic N) is 4. The minimum absolute atomic E-state index is 0.378. The number of hydrogen-bond acceptors (Lipinski definition) is 7. The summed E-state index contributed by atoms with van der Waals surface area (Å²) in [6.45, 7) is 4.16. The number of thiazole rings is 1. The van der Waals surface area contributed by atoms with Gasteiger partial charge in [0, 0.05) is 18.0 Å². The molecule has 28 heavy (non-hydrogen) atoms. The van der Waals surface area contributed by atoms with E-state index in [2.05, 4.69) is 32.7 Å². The predicted molar refractivity (Wildman–Crippen MR) is 110 cm³/mol. The van der Waals surface area contributed by atoms with Crippen molar-refractivity contribution in [1.29, 1.82) is 5.26 Å². The van der Waals surface area contributed by atoms with Crippen LogP contribution in [0, 0.1) is 18.3 Å². The Bertz CT molecular complexity index is 973. The summed E-state index contributed by atoms with van der Waals surface area (Å²) in [5, 5.41) is 15.2. The molecule has 0 bridgehead atoms. The largest absolute Gasteiger partial charge is 0.466 e. The summed E-state index contributed by atoms with van der Waals surface area (Å²) in [5.74, 6) is 2.70. The van der Waals surface area contributed by atoms with Crippen LogP contribution in [0.4, 0.5) is 10.9 Å². The first kappa shape index (κ1) is 18.7. The van der Waals surface area contributed by atoms with Gasteiger partial charge in [0.15, 0.2) is 5.13 Å². The molecule has 1 aliphatic heterocycles. The Morgan fingerprint density at radius 3 is 3.14 bits per heavy atom. The first-order chi connectivity index (χ1) is 13.7. The van der Waals surface area contributed by atoms with Crippen LogP contribution >= 0.6 is 11.3 Å². The highest BCUT2D eigenvalue weighted by Crippen LogP contribution is 2.34. The van der Waals surface area contributed by atoms with Gasteiger partial charge in [-0.3, -0.25) is 4.90 Å². The molecular weight excluding hydrogens is 370 g/mol. The molecule has 0 unspecified atom stereocenters. The van der Waals surface area contributed by atoms with E-state index in [-0.39, 0.29) is 0 Å². The summed E-state index contributed by atoms with van der Waals surface area (Å²) in [6.07, 6.45) is 6.04. The number of nitrogens with one attached hydrogen (secondary N) is 1. The summed E-state index contributed by atoms with van der Waals surface area (Å²) in [6, 6.07) is 10.0. The average molecular weight is 394 g/mol. The first-order valence-corrected chi connectivity index (χ1v) is 10.5. The number of likely N-dealkylation sites (tertiary alicyclic amines) is 1. The number of furan rings is 1. The Morgan fingerprint density at radius 1 is 1.39 bits per heavy atom. The molecule has 1 atom stereocenters. The van der Waals surface area contributed by atoms with E-state index in [4.69, 9.17) is 14.7 Å². The Hall–Kier alpha value is -2.69. The fourth-order valence-corrected chi connectivity index (χ4v) is 4.44. The number of aromatic nitrogens is 2. The van der Waals surface area contributed by atoms with Crippen molar-refractivity contribution in [2.45, 2.75) is 38.6 Å². The minimum atomic E-state index is 0.378. The van der Waals surface area contributed by atoms with E-state index < -0.39 is 0 Å². The Labute approximate surface area is 168 Å². The number of aryl methyl sites for hydroxylation is 2. The van der Waals surface area contributed by atoms with Gasteiger partial charge >= 0.3 is 0 Å². The Balaban J connectivity index is 1.36. The van der Waals surface area contributed by atoms with Crippen LogP contribution < -0.4 is 5.32 Å². The van der Waals surface area contributed by atoms with E-state index in [9.17, 15) is 0 Å². The SMILES string of the molecule is Cc1ccc(CCCN2CCC[C@H]2c2csc(Nc3cc(C#N)ccn3)n2)o1. The van der Waals surface area contributed by atoms with Gasteiger partial charge in [0.1, 0.15) is 17.3 Å². The standard InChI is InChI=1S/C21H23N5OS/c1-15-6-7-17(27-15)4-2-10-26-11-3-5-19(26)18-14-28-21(24-18)25-20-12-16(13-22)8-9-23-20/h6-9,12,14,19H,2-5,10-11H2,1H3,(H,23,24,25)/t19-/m0/s1. The monoisotopic (exact) mass is 393 g/mol. The third kappa shape index (κ3) is 4.41. The average Bonchev–Trinajstić information content (AvgIpc) is 3.43. The molecule has 0 radical (unpaired) electrons. The Morgan fingerprint density at radius 2 is 2.32 bits per heavy atom. The molecule has 1 saturated heterocycles. The lowest BCUT2D eigenvalue weighted by Crippen LogP contribution is -2.25. The van der Waals surface area contributed by atoms with Crippen LogP contribution in [0.5, 0.6) is 0 Å². The van der Waals surface area contributed by atoms with Gasteiger partial charge in [0.05, 0.1) is 23.4 Å². The van der Waals surface area contributed by atoms with Gasteiger partial charge in [-0.1, -0.05) is 0 Å². The quantitative estimate of drug-likeness (QED) is 0.620. The van der Waals surface area contributed by atoms with Gasteiger partial charge in [-0.2, -0.15) is 5.26 Å². The maximum absolute atomic E-state index is 9.02. The zero-order valence-corrected chi connectivity index (χ0v) is 16.7. The second-order valence-electron chi connectivity index (χ2n) is 7.05. The smallest absolute Gasteiger partial charge is 0.188 e. The predicted octanol–water partition coefficient (Wildman–Crippen LogP) is 4.82. The van der Waals surface area contributed by atoms with Crippen molar-refractivity contribution in [3.8, 4) is 6.07 Å². The number of rotatable bonds is 7. The molecule has 7 heteroatoms. The van der Waals surface area contributed by atoms with Crippen LogP contribution in [-0.4, -0.2) is 28.0 Å². The van der Waals surface area contributed by atoms with Gasteiger partial charge in [-0.25, -0.2) is 9.97 Å². The lowest BCUT2D eigenvalue weighted by atomic mass is 10.1. The molecule has 0 aromatic carbocycles. The maximum Gasteiger partial charge on any atom is 0.188 e. The zero-order chi connectivity index (χ0) is 19.3. The summed E-state index contributed by atoms with van der Waals surface area (Å²) in [5.41, 5.74) is 1.71. The highest BCUT2D eigenvalue weighted by molar-refractivity contribution is 7.13. The van der Waals surface area contributed by atoms with Crippen LogP contribution in [0.3, 0.4) is 0 Å². The van der Waals surface area contributed by atoms with E-state index in [0.29, 0.717) is 17.4 Å². The van der Waals surface area contributed by atoms with Gasteiger partial charge in [0.2, 0.25) is 0 Å². The van der Waals surface area contributed by atoms with Crippen LogP contribution in [0.15, 0.2) is 40.3 Å². The number of pyridine rings is 1. The number of nitriles is 1. The van der Waals surface area contributed by atoms with Crippen LogP contribution in [-0.2, 0) is 6.42 Å². The Kier molecular flexibility index (Phi) is 5.70. The van der Waals surface area contributed by atoms with Gasteiger partial charge in [0.25, 0.3) is 0 Å². The molecule has 1 fully saturated rings. The second kappa shape index (κ2) is 8.55. The van der Waals surface area contributed by atoms with Crippen molar-refractivity contribution in [2.24, 2.45) is 0 Å². The van der Waals surface area contributed by atoms with Crippen LogP contribution in [0.2, 0.25) is 0 Å². The van der Waals surface area contributed by atoms with Gasteiger partial charge in [-0.15, -0.1) is 11.3 Å². The molecule has 0 spiro atoms. The van der Waals surface area contributed by atoms with Crippen LogP contribution in [0.25, 0.3) is 0 Å². The molecule has 0 saturated carbocycles. The molecule has 3 aromatic heterocycles. The summed E-state index contributed by atoms with van der Waals surface area (Å²) in [4.78, 5) is 11.6. The second-order valence-corrected chi connectivity index (χ2v) is 7.91. The normalized spacial score (nSPS) is 16.9. The lowest BCUT2D eigenvalue weighted by Gasteiger charge is -2.22. The number of hydrogen-bond donors (Lipinski definition) is 1. The van der Waals surface area contributed by atoms with Crippen molar-refractivity contribution in [2.75, 3.05) is 18.4 Å². The van der Waals surface area contributed by atoms with Crippen molar-refractivity contribution in [3.05, 3.63) is 58.6 Å². The topological polar surface area (TPSA) is 78.0 Å². The maximum atomic E-state index is 9.02. The summed E-state index contributed by atoms with van der Waals surface area (Å²) in [7, 11) is 0. The molecule has 144 valence electrons. The fraction of sp³-hybridized carbons (Fsp3) is 0.381. The summed E-state index contributed by atoms with van der Waals surface area (Å²) < 4.78 is 5.67. The van der Waals surface area contributed by atoms with E-state index in [1.54, 1.807) is 29.7 Å². The van der Waals surface area contributed by atoms with E-state index in [0.717, 1.165) is 54.7 Å². The molecule has 6 nitrogen and oxygen atoms in total. The van der Waals surface area contributed by atoms with E-state index in [1.807, 2.05) is 13.0 Å². The third-order valence-corrected chi connectivity index (χ3v) is 5.79. The van der Waals surface area contributed by atoms with E-state index in [1.165, 1.54) is 6.42 Å².